The highest BCUT2D eigenvalue weighted by Crippen LogP contribution is 2.48. The number of aryl methyl sites for hydroxylation is 1. The summed E-state index contributed by atoms with van der Waals surface area (Å²) >= 11 is 0. The Balaban J connectivity index is 1.59. The van der Waals surface area contributed by atoms with Crippen LogP contribution in [-0.2, 0) is 0 Å². The van der Waals surface area contributed by atoms with Gasteiger partial charge < -0.3 is 19.8 Å². The van der Waals surface area contributed by atoms with Crippen molar-refractivity contribution in [2.45, 2.75) is 19.9 Å². The summed E-state index contributed by atoms with van der Waals surface area (Å²) < 4.78 is 29.1. The van der Waals surface area contributed by atoms with Gasteiger partial charge in [0.15, 0.2) is 11.6 Å². The van der Waals surface area contributed by atoms with Crippen LogP contribution in [0.25, 0.3) is 33.4 Å². The van der Waals surface area contributed by atoms with Gasteiger partial charge in [-0.2, -0.15) is 0 Å². The summed E-state index contributed by atoms with van der Waals surface area (Å²) in [7, 11) is 0. The van der Waals surface area contributed by atoms with Gasteiger partial charge in [-0.3, -0.25) is 0 Å². The Bertz CT molecular complexity index is 1740. The van der Waals surface area contributed by atoms with E-state index in [-0.39, 0.29) is 23.6 Å². The van der Waals surface area contributed by atoms with E-state index in [4.69, 9.17) is 21.6 Å². The Hall–Kier alpha value is -5.04. The molecule has 1 aliphatic rings. The lowest BCUT2D eigenvalue weighted by Crippen LogP contribution is -2.13. The van der Waals surface area contributed by atoms with Crippen LogP contribution in [0.5, 0.6) is 17.5 Å². The minimum absolute atomic E-state index is 0.00870. The molecule has 5 aromatic rings. The predicted molar refractivity (Wildman–Crippen MR) is 136 cm³/mol. The van der Waals surface area contributed by atoms with Crippen molar-refractivity contribution >= 4 is 16.9 Å². The molecule has 0 amide bonds. The standard InChI is InChI=1S/C27H20FN7O2/c1-4-17-10-21-18(11-31-17)24-22(23-25(29)32-13-33-26(23)35(24)15(3)12-36-21)16-5-6-20(19(28)9-16)37-27-30-8-7-14(2)34-27/h1,5-11,13,15H,12H2,2-3H3,(H2,29,32,33)/t15-/m1/s1. The number of fused-ring (bicyclic) bond motifs is 5. The molecule has 0 unspecified atom stereocenters. The van der Waals surface area contributed by atoms with Gasteiger partial charge in [0.2, 0.25) is 0 Å². The van der Waals surface area contributed by atoms with E-state index in [0.717, 1.165) is 5.69 Å². The highest BCUT2D eigenvalue weighted by Gasteiger charge is 2.30. The van der Waals surface area contributed by atoms with Crippen molar-refractivity contribution in [2.24, 2.45) is 0 Å². The van der Waals surface area contributed by atoms with E-state index in [9.17, 15) is 0 Å². The van der Waals surface area contributed by atoms with Gasteiger partial charge in [0, 0.05) is 29.7 Å². The molecule has 9 nitrogen and oxygen atoms in total. The van der Waals surface area contributed by atoms with Gasteiger partial charge in [-0.15, -0.1) is 6.42 Å². The first kappa shape index (κ1) is 22.4. The monoisotopic (exact) mass is 493 g/mol. The molecule has 1 aromatic carbocycles. The van der Waals surface area contributed by atoms with Crippen molar-refractivity contribution in [3.05, 3.63) is 66.3 Å². The van der Waals surface area contributed by atoms with E-state index in [1.807, 2.05) is 11.5 Å². The van der Waals surface area contributed by atoms with E-state index in [2.05, 4.69) is 30.8 Å². The van der Waals surface area contributed by atoms with Crippen molar-refractivity contribution in [1.29, 1.82) is 0 Å². The Kier molecular flexibility index (Phi) is 5.19. The van der Waals surface area contributed by atoms with E-state index < -0.39 is 5.82 Å². The first-order chi connectivity index (χ1) is 17.9. The molecular weight excluding hydrogens is 473 g/mol. The number of hydrogen-bond acceptors (Lipinski definition) is 8. The van der Waals surface area contributed by atoms with Crippen LogP contribution >= 0.6 is 0 Å². The number of hydrogen-bond donors (Lipinski definition) is 1. The van der Waals surface area contributed by atoms with Crippen molar-refractivity contribution in [1.82, 2.24) is 29.5 Å². The maximum atomic E-state index is 15.4. The molecule has 0 aliphatic carbocycles. The summed E-state index contributed by atoms with van der Waals surface area (Å²) in [6.07, 6.45) is 10.2. The minimum Gasteiger partial charge on any atom is -0.491 e. The van der Waals surface area contributed by atoms with Crippen LogP contribution in [0.3, 0.4) is 0 Å². The smallest absolute Gasteiger partial charge is 0.322 e. The number of aromatic nitrogens is 6. The number of pyridine rings is 1. The second-order valence-electron chi connectivity index (χ2n) is 8.65. The fraction of sp³-hybridized carbons (Fsp3) is 0.148. The Morgan fingerprint density at radius 1 is 1.19 bits per heavy atom. The van der Waals surface area contributed by atoms with Crippen molar-refractivity contribution in [3.63, 3.8) is 0 Å². The summed E-state index contributed by atoms with van der Waals surface area (Å²) in [5.74, 6) is 2.78. The molecule has 10 heteroatoms. The molecule has 1 atom stereocenters. The summed E-state index contributed by atoms with van der Waals surface area (Å²) in [6, 6.07) is 8.03. The van der Waals surface area contributed by atoms with Gasteiger partial charge in [-0.1, -0.05) is 12.0 Å². The molecular formula is C27H20FN7O2. The highest BCUT2D eigenvalue weighted by molar-refractivity contribution is 6.08. The van der Waals surface area contributed by atoms with Crippen LogP contribution in [0.2, 0.25) is 0 Å². The molecule has 0 spiro atoms. The van der Waals surface area contributed by atoms with Gasteiger partial charge in [0.25, 0.3) is 0 Å². The Morgan fingerprint density at radius 3 is 2.84 bits per heavy atom. The summed E-state index contributed by atoms with van der Waals surface area (Å²) in [6.45, 7) is 4.17. The van der Waals surface area contributed by atoms with E-state index in [1.54, 1.807) is 37.5 Å². The van der Waals surface area contributed by atoms with Gasteiger partial charge in [0.05, 0.1) is 22.7 Å². The number of terminal acetylenes is 1. The third-order valence-corrected chi connectivity index (χ3v) is 6.20. The molecule has 6 rings (SSSR count). The zero-order valence-corrected chi connectivity index (χ0v) is 19.9. The van der Waals surface area contributed by atoms with E-state index >= 15 is 4.39 Å². The van der Waals surface area contributed by atoms with Crippen molar-refractivity contribution in [2.75, 3.05) is 12.3 Å². The third kappa shape index (κ3) is 3.68. The number of ether oxygens (including phenoxy) is 2. The number of benzene rings is 1. The number of nitrogens with two attached hydrogens (primary N) is 1. The molecule has 37 heavy (non-hydrogen) atoms. The molecule has 0 radical (unpaired) electrons. The second-order valence-corrected chi connectivity index (χ2v) is 8.65. The number of nitrogens with zero attached hydrogens (tertiary/aromatic N) is 6. The SMILES string of the molecule is C#Cc1cc2c(cn1)-c1c(-c3ccc(Oc4nccc(C)n4)c(F)c3)c3c(N)ncnc3n1[C@H](C)CO2. The van der Waals surface area contributed by atoms with Crippen LogP contribution in [0.15, 0.2) is 49.1 Å². The predicted octanol–water partition coefficient (Wildman–Crippen LogP) is 4.71. The average molecular weight is 494 g/mol. The van der Waals surface area contributed by atoms with E-state index in [0.29, 0.717) is 51.5 Å². The lowest BCUT2D eigenvalue weighted by Gasteiger charge is -2.14. The summed E-state index contributed by atoms with van der Waals surface area (Å²) in [5.41, 5.74) is 10.7. The lowest BCUT2D eigenvalue weighted by atomic mass is 9.98. The Morgan fingerprint density at radius 2 is 2.05 bits per heavy atom. The maximum Gasteiger partial charge on any atom is 0.322 e. The molecule has 4 aromatic heterocycles. The number of rotatable bonds is 3. The zero-order valence-electron chi connectivity index (χ0n) is 19.9. The third-order valence-electron chi connectivity index (χ3n) is 6.20. The molecule has 5 heterocycles. The zero-order chi connectivity index (χ0) is 25.7. The first-order valence-corrected chi connectivity index (χ1v) is 11.5. The number of halogens is 1. The molecule has 2 N–H and O–H groups in total. The van der Waals surface area contributed by atoms with Crippen LogP contribution in [0, 0.1) is 25.1 Å². The molecule has 0 saturated heterocycles. The van der Waals surface area contributed by atoms with Gasteiger partial charge >= 0.3 is 6.01 Å². The summed E-state index contributed by atoms with van der Waals surface area (Å²) in [4.78, 5) is 21.4. The molecule has 1 aliphatic heterocycles. The number of nitrogen functional groups attached to an aromatic ring is 1. The minimum atomic E-state index is -0.593. The largest absolute Gasteiger partial charge is 0.491 e. The average Bonchev–Trinajstić information content (AvgIpc) is 3.17. The molecule has 182 valence electrons. The van der Waals surface area contributed by atoms with Crippen LogP contribution in [-0.4, -0.2) is 36.1 Å². The Labute approximate surface area is 211 Å². The maximum absolute atomic E-state index is 15.4. The highest BCUT2D eigenvalue weighted by atomic mass is 19.1. The fourth-order valence-electron chi connectivity index (χ4n) is 4.54. The molecule has 0 bridgehead atoms. The molecule has 0 fully saturated rings. The van der Waals surface area contributed by atoms with Crippen molar-refractivity contribution in [3.8, 4) is 52.2 Å². The van der Waals surface area contributed by atoms with Gasteiger partial charge in [-0.05, 0) is 37.6 Å². The molecule has 0 saturated carbocycles. The van der Waals surface area contributed by atoms with E-state index in [1.165, 1.54) is 18.5 Å². The fourth-order valence-corrected chi connectivity index (χ4v) is 4.54. The second kappa shape index (κ2) is 8.57. The number of anilines is 1. The first-order valence-electron chi connectivity index (χ1n) is 11.5. The van der Waals surface area contributed by atoms with Crippen LogP contribution in [0.4, 0.5) is 10.2 Å². The normalized spacial score (nSPS) is 14.3. The topological polar surface area (TPSA) is 114 Å². The lowest BCUT2D eigenvalue weighted by molar-refractivity contribution is 0.271. The van der Waals surface area contributed by atoms with Gasteiger partial charge in [0.1, 0.15) is 35.8 Å². The summed E-state index contributed by atoms with van der Waals surface area (Å²) in [5, 5.41) is 0.605. The van der Waals surface area contributed by atoms with Crippen molar-refractivity contribution < 1.29 is 13.9 Å². The quantitative estimate of drug-likeness (QED) is 0.360. The van der Waals surface area contributed by atoms with Crippen LogP contribution < -0.4 is 15.2 Å². The van der Waals surface area contributed by atoms with Crippen LogP contribution in [0.1, 0.15) is 24.4 Å². The van der Waals surface area contributed by atoms with Gasteiger partial charge in [-0.25, -0.2) is 29.3 Å².